The van der Waals surface area contributed by atoms with E-state index in [1.54, 1.807) is 18.4 Å². The van der Waals surface area contributed by atoms with Crippen LogP contribution in [-0.2, 0) is 9.59 Å². The Morgan fingerprint density at radius 2 is 1.96 bits per heavy atom. The molecule has 1 atom stereocenters. The molecule has 0 radical (unpaired) electrons. The van der Waals surface area contributed by atoms with Crippen molar-refractivity contribution in [3.8, 4) is 16.9 Å². The number of phenols is 1. The monoisotopic (exact) mass is 321 g/mol. The number of imide groups is 1. The third-order valence-electron chi connectivity index (χ3n) is 4.43. The lowest BCUT2D eigenvalue weighted by atomic mass is 9.89. The normalized spacial score (nSPS) is 17.9. The van der Waals surface area contributed by atoms with Crippen molar-refractivity contribution in [2.75, 3.05) is 0 Å². The maximum atomic E-state index is 12.1. The van der Waals surface area contributed by atoms with Gasteiger partial charge in [-0.25, -0.2) is 0 Å². The summed E-state index contributed by atoms with van der Waals surface area (Å²) in [6.45, 7) is 0. The molecule has 5 heteroatoms. The van der Waals surface area contributed by atoms with Crippen molar-refractivity contribution in [2.24, 2.45) is 0 Å². The van der Waals surface area contributed by atoms with Crippen molar-refractivity contribution in [2.45, 2.75) is 18.8 Å². The van der Waals surface area contributed by atoms with Gasteiger partial charge in [0.2, 0.25) is 11.8 Å². The first-order valence-electron chi connectivity index (χ1n) is 7.76. The highest BCUT2D eigenvalue weighted by atomic mass is 16.3. The fourth-order valence-corrected chi connectivity index (χ4v) is 3.19. The first kappa shape index (κ1) is 14.5. The highest BCUT2D eigenvalue weighted by molar-refractivity contribution is 6.03. The van der Waals surface area contributed by atoms with E-state index in [-0.39, 0.29) is 17.6 Å². The van der Waals surface area contributed by atoms with Gasteiger partial charge >= 0.3 is 0 Å². The van der Waals surface area contributed by atoms with E-state index in [2.05, 4.69) is 5.32 Å². The minimum absolute atomic E-state index is 0.197. The van der Waals surface area contributed by atoms with Crippen LogP contribution in [0.15, 0.2) is 53.1 Å². The summed E-state index contributed by atoms with van der Waals surface area (Å²) in [4.78, 5) is 23.5. The van der Waals surface area contributed by atoms with Crippen LogP contribution in [0.25, 0.3) is 22.1 Å². The van der Waals surface area contributed by atoms with Crippen LogP contribution in [-0.4, -0.2) is 16.9 Å². The van der Waals surface area contributed by atoms with Crippen LogP contribution >= 0.6 is 0 Å². The van der Waals surface area contributed by atoms with Crippen molar-refractivity contribution >= 4 is 22.8 Å². The Kier molecular flexibility index (Phi) is 3.34. The molecular formula is C19H15NO4. The fraction of sp³-hybridized carbons (Fsp3) is 0.158. The minimum atomic E-state index is -0.399. The smallest absolute Gasteiger partial charge is 0.234 e. The maximum absolute atomic E-state index is 12.1. The molecule has 5 nitrogen and oxygen atoms in total. The van der Waals surface area contributed by atoms with Crippen LogP contribution in [0.1, 0.15) is 24.3 Å². The number of furan rings is 1. The number of nitrogens with one attached hydrogen (secondary N) is 1. The molecule has 2 heterocycles. The zero-order valence-electron chi connectivity index (χ0n) is 12.8. The SMILES string of the molecule is O=C1CCC(c2coc3ccc(-c4ccccc4O)cc23)C(=O)N1. The minimum Gasteiger partial charge on any atom is -0.507 e. The zero-order valence-corrected chi connectivity index (χ0v) is 12.8. The Labute approximate surface area is 137 Å². The van der Waals surface area contributed by atoms with Crippen LogP contribution < -0.4 is 5.32 Å². The Morgan fingerprint density at radius 3 is 2.75 bits per heavy atom. The van der Waals surface area contributed by atoms with E-state index in [1.165, 1.54) is 0 Å². The highest BCUT2D eigenvalue weighted by Gasteiger charge is 2.30. The van der Waals surface area contributed by atoms with Gasteiger partial charge in [-0.05, 0) is 30.2 Å². The second-order valence-corrected chi connectivity index (χ2v) is 5.92. The standard InChI is InChI=1S/C19H15NO4/c21-16-4-2-1-3-12(16)11-5-7-17-14(9-11)15(10-24-17)13-6-8-18(22)20-19(13)23/h1-5,7,9-10,13,21H,6,8H2,(H,20,22,23). The number of para-hydroxylation sites is 1. The van der Waals surface area contributed by atoms with E-state index in [0.29, 0.717) is 18.4 Å². The molecule has 2 aromatic carbocycles. The molecular weight excluding hydrogens is 306 g/mol. The molecule has 1 unspecified atom stereocenters. The van der Waals surface area contributed by atoms with Crippen molar-refractivity contribution in [3.05, 3.63) is 54.3 Å². The van der Waals surface area contributed by atoms with Gasteiger partial charge in [-0.15, -0.1) is 0 Å². The lowest BCUT2D eigenvalue weighted by Crippen LogP contribution is -2.39. The number of phenolic OH excluding ortho intramolecular Hbond substituents is 1. The van der Waals surface area contributed by atoms with E-state index < -0.39 is 5.92 Å². The summed E-state index contributed by atoms with van der Waals surface area (Å²) in [7, 11) is 0. The predicted molar refractivity (Wildman–Crippen MR) is 88.4 cm³/mol. The van der Waals surface area contributed by atoms with Gasteiger partial charge in [-0.1, -0.05) is 24.3 Å². The summed E-state index contributed by atoms with van der Waals surface area (Å²) >= 11 is 0. The number of rotatable bonds is 2. The number of aromatic hydroxyl groups is 1. The first-order chi connectivity index (χ1) is 11.6. The number of benzene rings is 2. The largest absolute Gasteiger partial charge is 0.507 e. The zero-order chi connectivity index (χ0) is 16.7. The average molecular weight is 321 g/mol. The van der Waals surface area contributed by atoms with E-state index in [4.69, 9.17) is 4.42 Å². The van der Waals surface area contributed by atoms with Crippen LogP contribution in [0.5, 0.6) is 5.75 Å². The summed E-state index contributed by atoms with van der Waals surface area (Å²) in [5.74, 6) is -0.729. The molecule has 1 aliphatic rings. The maximum Gasteiger partial charge on any atom is 0.234 e. The number of amides is 2. The number of piperidine rings is 1. The number of hydrogen-bond acceptors (Lipinski definition) is 4. The molecule has 0 saturated carbocycles. The molecule has 2 amide bonds. The fourth-order valence-electron chi connectivity index (χ4n) is 3.19. The average Bonchev–Trinajstić information content (AvgIpc) is 2.98. The van der Waals surface area contributed by atoms with Gasteiger partial charge in [0.1, 0.15) is 11.3 Å². The van der Waals surface area contributed by atoms with Gasteiger partial charge in [0.15, 0.2) is 0 Å². The Hall–Kier alpha value is -3.08. The van der Waals surface area contributed by atoms with E-state index >= 15 is 0 Å². The number of carbonyl (C=O) groups excluding carboxylic acids is 2. The molecule has 0 spiro atoms. The molecule has 1 saturated heterocycles. The third kappa shape index (κ3) is 2.34. The molecule has 1 aromatic heterocycles. The van der Waals surface area contributed by atoms with Crippen molar-refractivity contribution in [3.63, 3.8) is 0 Å². The van der Waals surface area contributed by atoms with Gasteiger partial charge in [-0.3, -0.25) is 14.9 Å². The van der Waals surface area contributed by atoms with E-state index in [9.17, 15) is 14.7 Å². The molecule has 24 heavy (non-hydrogen) atoms. The summed E-state index contributed by atoms with van der Waals surface area (Å²) in [6.07, 6.45) is 2.38. The van der Waals surface area contributed by atoms with Crippen molar-refractivity contribution < 1.29 is 19.1 Å². The molecule has 120 valence electrons. The summed E-state index contributed by atoms with van der Waals surface area (Å²) < 4.78 is 5.57. The van der Waals surface area contributed by atoms with Gasteiger partial charge in [0.05, 0.1) is 12.2 Å². The Bertz CT molecular complexity index is 957. The molecule has 0 aliphatic carbocycles. The summed E-state index contributed by atoms with van der Waals surface area (Å²) in [5.41, 5.74) is 3.01. The topological polar surface area (TPSA) is 79.5 Å². The van der Waals surface area contributed by atoms with Gasteiger partial charge < -0.3 is 9.52 Å². The second-order valence-electron chi connectivity index (χ2n) is 5.92. The summed E-state index contributed by atoms with van der Waals surface area (Å²) in [6, 6.07) is 12.7. The number of hydrogen-bond donors (Lipinski definition) is 2. The number of carbonyl (C=O) groups is 2. The molecule has 3 aromatic rings. The summed E-state index contributed by atoms with van der Waals surface area (Å²) in [5, 5.41) is 13.3. The third-order valence-corrected chi connectivity index (χ3v) is 4.43. The Morgan fingerprint density at radius 1 is 1.12 bits per heavy atom. The quantitative estimate of drug-likeness (QED) is 0.710. The van der Waals surface area contributed by atoms with E-state index in [0.717, 1.165) is 22.1 Å². The van der Waals surface area contributed by atoms with Gasteiger partial charge in [-0.2, -0.15) is 0 Å². The van der Waals surface area contributed by atoms with Gasteiger partial charge in [0, 0.05) is 22.9 Å². The van der Waals surface area contributed by atoms with Crippen molar-refractivity contribution in [1.29, 1.82) is 0 Å². The number of fused-ring (bicyclic) bond motifs is 1. The first-order valence-corrected chi connectivity index (χ1v) is 7.76. The molecule has 1 fully saturated rings. The molecule has 4 rings (SSSR count). The van der Waals surface area contributed by atoms with Crippen LogP contribution in [0, 0.1) is 0 Å². The van der Waals surface area contributed by atoms with E-state index in [1.807, 2.05) is 30.3 Å². The molecule has 2 N–H and O–H groups in total. The Balaban J connectivity index is 1.81. The van der Waals surface area contributed by atoms with Gasteiger partial charge in [0.25, 0.3) is 0 Å². The van der Waals surface area contributed by atoms with Crippen LogP contribution in [0.3, 0.4) is 0 Å². The lowest BCUT2D eigenvalue weighted by Gasteiger charge is -2.20. The van der Waals surface area contributed by atoms with Crippen LogP contribution in [0.4, 0.5) is 0 Å². The van der Waals surface area contributed by atoms with Crippen LogP contribution in [0.2, 0.25) is 0 Å². The van der Waals surface area contributed by atoms with Crippen molar-refractivity contribution in [1.82, 2.24) is 5.32 Å². The predicted octanol–water partition coefficient (Wildman–Crippen LogP) is 3.33. The molecule has 1 aliphatic heterocycles. The highest BCUT2D eigenvalue weighted by Crippen LogP contribution is 2.36. The lowest BCUT2D eigenvalue weighted by molar-refractivity contribution is -0.134. The second kappa shape index (κ2) is 5.53. The molecule has 0 bridgehead atoms.